The standard InChI is InChI=1S/C13H29NO2/c1-5-7-8-12(6-2)9-16-11-13(14-3)10-15-4/h12-14H,5-11H2,1-4H3. The van der Waals surface area contributed by atoms with Gasteiger partial charge in [0.1, 0.15) is 0 Å². The Bertz CT molecular complexity index is 142. The topological polar surface area (TPSA) is 30.5 Å². The van der Waals surface area contributed by atoms with Crippen molar-refractivity contribution in [3.05, 3.63) is 0 Å². The van der Waals surface area contributed by atoms with Gasteiger partial charge in [0.2, 0.25) is 0 Å². The normalized spacial score (nSPS) is 15.0. The SMILES string of the molecule is CCCCC(CC)COCC(COC)NC. The second kappa shape index (κ2) is 11.4. The van der Waals surface area contributed by atoms with Crippen LogP contribution in [0.25, 0.3) is 0 Å². The van der Waals surface area contributed by atoms with Crippen molar-refractivity contribution in [2.75, 3.05) is 34.0 Å². The molecule has 0 aromatic carbocycles. The van der Waals surface area contributed by atoms with Crippen LogP contribution in [-0.4, -0.2) is 40.0 Å². The third-order valence-corrected chi connectivity index (χ3v) is 2.99. The molecule has 16 heavy (non-hydrogen) atoms. The summed E-state index contributed by atoms with van der Waals surface area (Å²) in [7, 11) is 3.67. The average Bonchev–Trinajstić information content (AvgIpc) is 2.32. The van der Waals surface area contributed by atoms with E-state index < -0.39 is 0 Å². The van der Waals surface area contributed by atoms with Gasteiger partial charge in [-0.3, -0.25) is 0 Å². The molecule has 0 spiro atoms. The maximum atomic E-state index is 5.75. The van der Waals surface area contributed by atoms with Gasteiger partial charge in [0, 0.05) is 13.7 Å². The third-order valence-electron chi connectivity index (χ3n) is 2.99. The first-order valence-corrected chi connectivity index (χ1v) is 6.52. The van der Waals surface area contributed by atoms with Crippen molar-refractivity contribution in [1.29, 1.82) is 0 Å². The Hall–Kier alpha value is -0.120. The first kappa shape index (κ1) is 15.9. The summed E-state index contributed by atoms with van der Waals surface area (Å²) in [6, 6.07) is 0.314. The van der Waals surface area contributed by atoms with Crippen molar-refractivity contribution in [2.24, 2.45) is 5.92 Å². The van der Waals surface area contributed by atoms with E-state index in [0.717, 1.165) is 19.1 Å². The van der Waals surface area contributed by atoms with E-state index in [9.17, 15) is 0 Å². The van der Waals surface area contributed by atoms with E-state index in [2.05, 4.69) is 19.2 Å². The summed E-state index contributed by atoms with van der Waals surface area (Å²) in [6.45, 7) is 6.82. The summed E-state index contributed by atoms with van der Waals surface area (Å²) in [4.78, 5) is 0. The molecule has 0 heterocycles. The number of methoxy groups -OCH3 is 1. The molecule has 3 nitrogen and oxygen atoms in total. The van der Waals surface area contributed by atoms with Crippen LogP contribution in [0.2, 0.25) is 0 Å². The van der Waals surface area contributed by atoms with Gasteiger partial charge in [0.05, 0.1) is 19.3 Å². The van der Waals surface area contributed by atoms with E-state index in [0.29, 0.717) is 12.6 Å². The van der Waals surface area contributed by atoms with E-state index >= 15 is 0 Å². The van der Waals surface area contributed by atoms with Gasteiger partial charge in [-0.25, -0.2) is 0 Å². The molecule has 0 amide bonds. The number of hydrogen-bond acceptors (Lipinski definition) is 3. The molecule has 0 aromatic heterocycles. The highest BCUT2D eigenvalue weighted by molar-refractivity contribution is 4.63. The molecular weight excluding hydrogens is 202 g/mol. The van der Waals surface area contributed by atoms with Crippen LogP contribution in [0.15, 0.2) is 0 Å². The highest BCUT2D eigenvalue weighted by Gasteiger charge is 2.09. The molecule has 0 aromatic rings. The zero-order valence-corrected chi connectivity index (χ0v) is 11.4. The quantitative estimate of drug-likeness (QED) is 0.592. The van der Waals surface area contributed by atoms with Crippen molar-refractivity contribution in [2.45, 2.75) is 45.6 Å². The maximum absolute atomic E-state index is 5.75. The van der Waals surface area contributed by atoms with Gasteiger partial charge < -0.3 is 14.8 Å². The molecule has 0 fully saturated rings. The van der Waals surface area contributed by atoms with Crippen molar-refractivity contribution in [3.8, 4) is 0 Å². The number of unbranched alkanes of at least 4 members (excludes halogenated alkanes) is 1. The molecule has 2 atom stereocenters. The molecule has 1 N–H and O–H groups in total. The van der Waals surface area contributed by atoms with Gasteiger partial charge in [-0.2, -0.15) is 0 Å². The monoisotopic (exact) mass is 231 g/mol. The van der Waals surface area contributed by atoms with E-state index in [1.165, 1.54) is 25.7 Å². The first-order valence-electron chi connectivity index (χ1n) is 6.52. The third kappa shape index (κ3) is 8.08. The minimum absolute atomic E-state index is 0.314. The number of likely N-dealkylation sites (N-methyl/N-ethyl adjacent to an activating group) is 1. The van der Waals surface area contributed by atoms with E-state index in [-0.39, 0.29) is 0 Å². The van der Waals surface area contributed by atoms with E-state index in [1.807, 2.05) is 7.05 Å². The van der Waals surface area contributed by atoms with Crippen LogP contribution in [-0.2, 0) is 9.47 Å². The molecule has 0 saturated heterocycles. The van der Waals surface area contributed by atoms with Crippen molar-refractivity contribution >= 4 is 0 Å². The fourth-order valence-corrected chi connectivity index (χ4v) is 1.69. The molecule has 0 rings (SSSR count). The van der Waals surface area contributed by atoms with Gasteiger partial charge in [0.25, 0.3) is 0 Å². The van der Waals surface area contributed by atoms with Crippen molar-refractivity contribution in [1.82, 2.24) is 5.32 Å². The summed E-state index contributed by atoms with van der Waals surface area (Å²) in [5, 5.41) is 3.19. The second-order valence-corrected chi connectivity index (χ2v) is 4.39. The number of nitrogens with one attached hydrogen (secondary N) is 1. The molecule has 0 bridgehead atoms. The predicted octanol–water partition coefficient (Wildman–Crippen LogP) is 2.45. The van der Waals surface area contributed by atoms with Gasteiger partial charge >= 0.3 is 0 Å². The summed E-state index contributed by atoms with van der Waals surface area (Å²) >= 11 is 0. The number of rotatable bonds is 11. The lowest BCUT2D eigenvalue weighted by Crippen LogP contribution is -2.35. The fraction of sp³-hybridized carbons (Fsp3) is 1.00. The van der Waals surface area contributed by atoms with Crippen LogP contribution in [0.4, 0.5) is 0 Å². The Balaban J connectivity index is 3.58. The molecule has 0 aliphatic heterocycles. The van der Waals surface area contributed by atoms with Gasteiger partial charge in [0.15, 0.2) is 0 Å². The lowest BCUT2D eigenvalue weighted by Gasteiger charge is -2.18. The van der Waals surface area contributed by atoms with Gasteiger partial charge in [-0.15, -0.1) is 0 Å². The van der Waals surface area contributed by atoms with Crippen LogP contribution < -0.4 is 5.32 Å². The highest BCUT2D eigenvalue weighted by Crippen LogP contribution is 2.12. The van der Waals surface area contributed by atoms with Crippen LogP contribution >= 0.6 is 0 Å². The van der Waals surface area contributed by atoms with Crippen molar-refractivity contribution < 1.29 is 9.47 Å². The Labute approximate surface area is 101 Å². The second-order valence-electron chi connectivity index (χ2n) is 4.39. The highest BCUT2D eigenvalue weighted by atomic mass is 16.5. The Morgan fingerprint density at radius 3 is 2.38 bits per heavy atom. The lowest BCUT2D eigenvalue weighted by molar-refractivity contribution is 0.0544. The molecule has 0 radical (unpaired) electrons. The molecule has 2 unspecified atom stereocenters. The summed E-state index contributed by atoms with van der Waals surface area (Å²) in [6.07, 6.45) is 5.10. The van der Waals surface area contributed by atoms with Gasteiger partial charge in [-0.1, -0.05) is 33.1 Å². The van der Waals surface area contributed by atoms with E-state index in [4.69, 9.17) is 9.47 Å². The van der Waals surface area contributed by atoms with E-state index in [1.54, 1.807) is 7.11 Å². The zero-order chi connectivity index (χ0) is 12.2. The average molecular weight is 231 g/mol. The molecule has 3 heteroatoms. The predicted molar refractivity (Wildman–Crippen MR) is 68.8 cm³/mol. The smallest absolute Gasteiger partial charge is 0.0642 e. The van der Waals surface area contributed by atoms with Crippen LogP contribution in [0.3, 0.4) is 0 Å². The lowest BCUT2D eigenvalue weighted by atomic mass is 10.0. The Morgan fingerprint density at radius 2 is 1.88 bits per heavy atom. The largest absolute Gasteiger partial charge is 0.383 e. The minimum Gasteiger partial charge on any atom is -0.383 e. The molecule has 0 saturated carbocycles. The van der Waals surface area contributed by atoms with Crippen LogP contribution in [0, 0.1) is 5.92 Å². The maximum Gasteiger partial charge on any atom is 0.0642 e. The Kier molecular flexibility index (Phi) is 11.3. The Morgan fingerprint density at radius 1 is 1.12 bits per heavy atom. The molecule has 0 aliphatic rings. The summed E-state index contributed by atoms with van der Waals surface area (Å²) in [5.74, 6) is 0.722. The number of ether oxygens (including phenoxy) is 2. The molecule has 98 valence electrons. The van der Waals surface area contributed by atoms with Crippen LogP contribution in [0.5, 0.6) is 0 Å². The van der Waals surface area contributed by atoms with Crippen LogP contribution in [0.1, 0.15) is 39.5 Å². The van der Waals surface area contributed by atoms with Gasteiger partial charge in [-0.05, 0) is 19.4 Å². The zero-order valence-electron chi connectivity index (χ0n) is 11.4. The first-order chi connectivity index (χ1) is 7.78. The minimum atomic E-state index is 0.314. The number of hydrogen-bond donors (Lipinski definition) is 1. The fourth-order valence-electron chi connectivity index (χ4n) is 1.69. The molecule has 0 aliphatic carbocycles. The van der Waals surface area contributed by atoms with Crippen molar-refractivity contribution in [3.63, 3.8) is 0 Å². The summed E-state index contributed by atoms with van der Waals surface area (Å²) in [5.41, 5.74) is 0. The summed E-state index contributed by atoms with van der Waals surface area (Å²) < 4.78 is 10.8. The molecular formula is C13H29NO2.